The van der Waals surface area contributed by atoms with Crippen LogP contribution in [0, 0.1) is 46.5 Å². The molecular formula is C80H96Cl8F8. The molecule has 528 valence electrons. The Morgan fingerprint density at radius 1 is 0.198 bits per heavy atom. The summed E-state index contributed by atoms with van der Waals surface area (Å²) in [5.74, 6) is -6.11. The number of benzene rings is 8. The Labute approximate surface area is 609 Å². The molecule has 0 saturated carbocycles. The van der Waals surface area contributed by atoms with Crippen LogP contribution < -0.4 is 0 Å². The van der Waals surface area contributed by atoms with E-state index in [0.717, 1.165) is 45.5 Å². The molecule has 0 aliphatic rings. The SMILES string of the molecule is CC(C)(C)c1cc(Cl)c(Cl)c(Cl)c1.CC(C)(C)c1cc(F)c(F)c(F)c1.CC(C)(C)c1ccc(Cl)c(Cl)c1.CC(C)(C)c1ccc(Cl)c(F)c1.CC(C)(C)c1ccc(Cl)cc1.CC(C)(C)c1ccc(F)c(Cl)c1.CC(C)(C)c1ccc(F)c(F)c1.CC(C)(C)c1ccc(F)cc1. The Bertz CT molecular complexity index is 3320. The first kappa shape index (κ1) is 89.5. The van der Waals surface area contributed by atoms with Gasteiger partial charge in [0.2, 0.25) is 0 Å². The summed E-state index contributed by atoms with van der Waals surface area (Å²) in [4.78, 5) is 0. The standard InChI is InChI=1S/C10H11Cl3.C10H12Cl2.2C10H12ClF.C10H13Cl.C10H11F3.C10H12F2.C10H13F/c1-10(2,3)6-4-7(11)9(13)8(12)5-6;1-10(2,3)7-4-5-8(11)9(12)6-7;1-10(2,3)7-4-5-9(12)8(11)6-7;1-10(2,3)7-4-5-8(11)9(12)6-7;1-10(2,3)8-4-6-9(11)7-5-8;1-10(2,3)6-4-7(11)9(13)8(12)5-6;1-10(2,3)7-4-5-8(11)9(12)6-7;1-10(2,3)8-4-6-9(11)7-5-8/h4-5H,1-3H3;3*4-6H,1-3H3;4-7H,1-3H3;4-5H,1-3H3;4-6H,1-3H3;4-7H,1-3H3. The van der Waals surface area contributed by atoms with E-state index in [9.17, 15) is 35.1 Å². The topological polar surface area (TPSA) is 0 Å². The van der Waals surface area contributed by atoms with Crippen LogP contribution in [0.25, 0.3) is 0 Å². The Morgan fingerprint density at radius 3 is 0.781 bits per heavy atom. The lowest BCUT2D eigenvalue weighted by molar-refractivity contribution is 0.439. The van der Waals surface area contributed by atoms with Gasteiger partial charge in [0.05, 0.1) is 35.2 Å². The molecule has 96 heavy (non-hydrogen) atoms. The van der Waals surface area contributed by atoms with Gasteiger partial charge in [-0.2, -0.15) is 0 Å². The third-order valence-electron chi connectivity index (χ3n) is 14.3. The lowest BCUT2D eigenvalue weighted by Crippen LogP contribution is -2.12. The largest absolute Gasteiger partial charge is 0.207 e. The fraction of sp³-hybridized carbons (Fsp3) is 0.400. The van der Waals surface area contributed by atoms with E-state index in [1.807, 2.05) is 102 Å². The maximum Gasteiger partial charge on any atom is 0.194 e. The van der Waals surface area contributed by atoms with Crippen molar-refractivity contribution in [2.45, 2.75) is 209 Å². The second-order valence-electron chi connectivity index (χ2n) is 31.0. The third kappa shape index (κ3) is 32.2. The molecule has 0 bridgehead atoms. The molecule has 0 aliphatic carbocycles. The van der Waals surface area contributed by atoms with Crippen molar-refractivity contribution in [3.8, 4) is 0 Å². The first-order valence-corrected chi connectivity index (χ1v) is 34.0. The third-order valence-corrected chi connectivity index (χ3v) is 17.0. The Kier molecular flexibility index (Phi) is 34.8. The van der Waals surface area contributed by atoms with E-state index in [4.69, 9.17) is 92.8 Å². The molecule has 8 rings (SSSR count). The number of hydrogen-bond donors (Lipinski definition) is 0. The van der Waals surface area contributed by atoms with Crippen LogP contribution in [0.1, 0.15) is 211 Å². The zero-order valence-corrected chi connectivity index (χ0v) is 66.0. The highest BCUT2D eigenvalue weighted by Gasteiger charge is 2.22. The molecule has 8 aromatic rings. The van der Waals surface area contributed by atoms with Gasteiger partial charge in [-0.1, -0.05) is 308 Å². The minimum absolute atomic E-state index is 0.0224. The average molecular weight is 1490 g/mol. The molecule has 0 nitrogen and oxygen atoms in total. The molecule has 0 N–H and O–H groups in total. The minimum atomic E-state index is -1.41. The zero-order chi connectivity index (χ0) is 74.8. The molecule has 16 heteroatoms. The van der Waals surface area contributed by atoms with Gasteiger partial charge < -0.3 is 0 Å². The summed E-state index contributed by atoms with van der Waals surface area (Å²) < 4.78 is 102. The molecule has 0 fully saturated rings. The highest BCUT2D eigenvalue weighted by atomic mass is 35.5. The van der Waals surface area contributed by atoms with E-state index in [1.165, 1.54) is 47.0 Å². The molecular weight excluding hydrogens is 1400 g/mol. The fourth-order valence-electron chi connectivity index (χ4n) is 7.73. The van der Waals surface area contributed by atoms with Crippen molar-refractivity contribution >= 4 is 92.8 Å². The van der Waals surface area contributed by atoms with Crippen LogP contribution >= 0.6 is 92.8 Å². The summed E-state index contributed by atoms with van der Waals surface area (Å²) in [7, 11) is 0. The summed E-state index contributed by atoms with van der Waals surface area (Å²) in [6.45, 7) is 49.2. The molecule has 0 aromatic heterocycles. The van der Waals surface area contributed by atoms with E-state index in [2.05, 4.69) is 116 Å². The van der Waals surface area contributed by atoms with Crippen LogP contribution in [0.4, 0.5) is 35.1 Å². The smallest absolute Gasteiger partial charge is 0.194 e. The quantitative estimate of drug-likeness (QED) is 0.105. The minimum Gasteiger partial charge on any atom is -0.207 e. The Hall–Kier alpha value is -4.48. The predicted molar refractivity (Wildman–Crippen MR) is 401 cm³/mol. The highest BCUT2D eigenvalue weighted by Crippen LogP contribution is 2.36. The first-order chi connectivity index (χ1) is 43.3. The summed E-state index contributed by atoms with van der Waals surface area (Å²) in [5, 5.41) is 3.88. The van der Waals surface area contributed by atoms with Crippen molar-refractivity contribution in [2.75, 3.05) is 0 Å². The monoisotopic (exact) mass is 1490 g/mol. The van der Waals surface area contributed by atoms with E-state index in [-0.39, 0.29) is 70.8 Å². The lowest BCUT2D eigenvalue weighted by atomic mass is 9.87. The molecule has 0 aliphatic heterocycles. The molecule has 0 spiro atoms. The van der Waals surface area contributed by atoms with Crippen LogP contribution in [0.15, 0.2) is 146 Å². The normalized spacial score (nSPS) is 11.8. The maximum absolute atomic E-state index is 13.0. The maximum atomic E-state index is 13.0. The lowest BCUT2D eigenvalue weighted by Gasteiger charge is -2.19. The Balaban J connectivity index is 0.000000549. The van der Waals surface area contributed by atoms with E-state index in [1.54, 1.807) is 45.0 Å². The van der Waals surface area contributed by atoms with Gasteiger partial charge in [0.25, 0.3) is 0 Å². The predicted octanol–water partition coefficient (Wildman–Crippen LogP) is 30.2. The van der Waals surface area contributed by atoms with Crippen LogP contribution in [-0.2, 0) is 43.3 Å². The molecule has 0 atom stereocenters. The van der Waals surface area contributed by atoms with Gasteiger partial charge in [-0.05, 0) is 185 Å². The second kappa shape index (κ2) is 37.3. The highest BCUT2D eigenvalue weighted by molar-refractivity contribution is 6.48. The molecule has 0 radical (unpaired) electrons. The van der Waals surface area contributed by atoms with Crippen LogP contribution in [0.3, 0.4) is 0 Å². The van der Waals surface area contributed by atoms with Crippen LogP contribution in [0.5, 0.6) is 0 Å². The van der Waals surface area contributed by atoms with Gasteiger partial charge in [-0.25, -0.2) is 35.1 Å². The van der Waals surface area contributed by atoms with Gasteiger partial charge in [0.1, 0.15) is 17.5 Å². The van der Waals surface area contributed by atoms with Crippen molar-refractivity contribution in [2.24, 2.45) is 0 Å². The molecule has 0 amide bonds. The van der Waals surface area contributed by atoms with Crippen molar-refractivity contribution < 1.29 is 35.1 Å². The van der Waals surface area contributed by atoms with Gasteiger partial charge in [-0.3, -0.25) is 0 Å². The second-order valence-corrected chi connectivity index (χ2v) is 34.3. The van der Waals surface area contributed by atoms with E-state index < -0.39 is 29.1 Å². The van der Waals surface area contributed by atoms with Crippen LogP contribution in [-0.4, -0.2) is 0 Å². The number of hydrogen-bond acceptors (Lipinski definition) is 0. The van der Waals surface area contributed by atoms with Crippen LogP contribution in [0.2, 0.25) is 40.2 Å². The van der Waals surface area contributed by atoms with Crippen molar-refractivity contribution in [3.63, 3.8) is 0 Å². The fourth-order valence-corrected chi connectivity index (χ4v) is 9.05. The summed E-state index contributed by atoms with van der Waals surface area (Å²) >= 11 is 46.3. The molecule has 0 unspecified atom stereocenters. The summed E-state index contributed by atoms with van der Waals surface area (Å²) in [6, 6.07) is 40.0. The van der Waals surface area contributed by atoms with Crippen molar-refractivity contribution in [1.82, 2.24) is 0 Å². The summed E-state index contributed by atoms with van der Waals surface area (Å²) in [6.07, 6.45) is 0. The van der Waals surface area contributed by atoms with E-state index in [0.29, 0.717) is 30.7 Å². The number of rotatable bonds is 0. The Morgan fingerprint density at radius 2 is 0.458 bits per heavy atom. The average Bonchev–Trinajstić information content (AvgIpc) is 0.892. The number of halogens is 16. The zero-order valence-electron chi connectivity index (χ0n) is 59.9. The van der Waals surface area contributed by atoms with Crippen molar-refractivity contribution in [1.29, 1.82) is 0 Å². The summed E-state index contributed by atoms with van der Waals surface area (Å²) in [5.41, 5.74) is 8.06. The first-order valence-electron chi connectivity index (χ1n) is 30.9. The molecule has 8 aromatic carbocycles. The van der Waals surface area contributed by atoms with Crippen molar-refractivity contribution in [3.05, 3.63) is 277 Å². The van der Waals surface area contributed by atoms with Gasteiger partial charge >= 0.3 is 0 Å². The molecule has 0 saturated heterocycles. The molecule has 0 heterocycles. The van der Waals surface area contributed by atoms with Gasteiger partial charge in [0.15, 0.2) is 29.1 Å². The van der Waals surface area contributed by atoms with Gasteiger partial charge in [0, 0.05) is 5.02 Å². The van der Waals surface area contributed by atoms with E-state index >= 15 is 0 Å². The van der Waals surface area contributed by atoms with Gasteiger partial charge in [-0.15, -0.1) is 0 Å².